The molecule has 0 bridgehead atoms. The van der Waals surface area contributed by atoms with Crippen molar-refractivity contribution in [3.63, 3.8) is 0 Å². The number of aromatic nitrogens is 2. The van der Waals surface area contributed by atoms with Crippen molar-refractivity contribution in [1.29, 1.82) is 0 Å². The van der Waals surface area contributed by atoms with Gasteiger partial charge < -0.3 is 34.8 Å². The molecule has 0 saturated carbocycles. The van der Waals surface area contributed by atoms with Gasteiger partial charge in [-0.3, -0.25) is 13.7 Å². The standard InChI is InChI=1S/C9H17N3O9P2/c10-8-1-2-12(9(13)11-8)7(3-20-5-22(14,15)16)4-21-6-23(17,18)19/h1-2,7H,3-6H2,(H2,10,11,13)(H2,14,15,16)(H2,17,18,19). The Kier molecular flexibility index (Phi) is 7.05. The zero-order valence-corrected chi connectivity index (χ0v) is 13.5. The first-order chi connectivity index (χ1) is 10.5. The van der Waals surface area contributed by atoms with E-state index in [0.29, 0.717) is 0 Å². The summed E-state index contributed by atoms with van der Waals surface area (Å²) in [5.41, 5.74) is 4.58. The highest BCUT2D eigenvalue weighted by Crippen LogP contribution is 2.35. The van der Waals surface area contributed by atoms with Crippen LogP contribution in [0.1, 0.15) is 6.04 Å². The van der Waals surface area contributed by atoms with E-state index in [1.807, 2.05) is 0 Å². The van der Waals surface area contributed by atoms with Crippen LogP contribution in [0.5, 0.6) is 0 Å². The van der Waals surface area contributed by atoms with E-state index in [4.69, 9.17) is 34.8 Å². The van der Waals surface area contributed by atoms with Gasteiger partial charge in [0.25, 0.3) is 0 Å². The van der Waals surface area contributed by atoms with Crippen molar-refractivity contribution in [3.05, 3.63) is 22.7 Å². The molecular formula is C9H17N3O9P2. The zero-order valence-electron chi connectivity index (χ0n) is 11.8. The highest BCUT2D eigenvalue weighted by Gasteiger charge is 2.20. The summed E-state index contributed by atoms with van der Waals surface area (Å²) < 4.78 is 32.2. The second-order valence-electron chi connectivity index (χ2n) is 4.53. The first-order valence-electron chi connectivity index (χ1n) is 6.07. The van der Waals surface area contributed by atoms with Crippen molar-refractivity contribution in [1.82, 2.24) is 9.55 Å². The molecule has 0 aliphatic heterocycles. The molecule has 0 radical (unpaired) electrons. The number of rotatable bonds is 9. The van der Waals surface area contributed by atoms with Gasteiger partial charge in [-0.2, -0.15) is 4.98 Å². The Hall–Kier alpha value is -1.10. The maximum absolute atomic E-state index is 11.8. The second kappa shape index (κ2) is 8.13. The Morgan fingerprint density at radius 3 is 2.00 bits per heavy atom. The molecule has 1 aromatic heterocycles. The lowest BCUT2D eigenvalue weighted by Gasteiger charge is -2.20. The lowest BCUT2D eigenvalue weighted by Crippen LogP contribution is -2.32. The van der Waals surface area contributed by atoms with E-state index < -0.39 is 39.6 Å². The summed E-state index contributed by atoms with van der Waals surface area (Å²) in [6.45, 7) is -0.699. The molecule has 132 valence electrons. The summed E-state index contributed by atoms with van der Waals surface area (Å²) in [5, 5.41) is 0. The Morgan fingerprint density at radius 1 is 1.13 bits per heavy atom. The lowest BCUT2D eigenvalue weighted by molar-refractivity contribution is 0.0625. The fourth-order valence-corrected chi connectivity index (χ4v) is 2.21. The van der Waals surface area contributed by atoms with Gasteiger partial charge in [-0.05, 0) is 6.07 Å². The smallest absolute Gasteiger partial charge is 0.350 e. The Bertz CT molecular complexity index is 638. The van der Waals surface area contributed by atoms with Gasteiger partial charge in [0.05, 0.1) is 19.3 Å². The number of nitrogen functional groups attached to an aromatic ring is 1. The van der Waals surface area contributed by atoms with E-state index >= 15 is 0 Å². The molecular weight excluding hydrogens is 356 g/mol. The molecule has 0 amide bonds. The van der Waals surface area contributed by atoms with Gasteiger partial charge in [0.1, 0.15) is 18.5 Å². The third-order valence-corrected chi connectivity index (χ3v) is 3.42. The summed E-state index contributed by atoms with van der Waals surface area (Å²) in [6.07, 6.45) is -0.491. The fourth-order valence-electron chi connectivity index (χ4n) is 1.53. The Balaban J connectivity index is 2.81. The van der Waals surface area contributed by atoms with E-state index in [0.717, 1.165) is 4.57 Å². The molecule has 0 saturated heterocycles. The van der Waals surface area contributed by atoms with Crippen LogP contribution >= 0.6 is 15.2 Å². The van der Waals surface area contributed by atoms with Crippen molar-refractivity contribution >= 4 is 21.0 Å². The molecule has 6 N–H and O–H groups in total. The van der Waals surface area contributed by atoms with Gasteiger partial charge in [-0.1, -0.05) is 0 Å². The average Bonchev–Trinajstić information content (AvgIpc) is 2.34. The molecule has 0 unspecified atom stereocenters. The van der Waals surface area contributed by atoms with Crippen LogP contribution in [0.2, 0.25) is 0 Å². The van der Waals surface area contributed by atoms with Gasteiger partial charge in [0.15, 0.2) is 0 Å². The summed E-state index contributed by atoms with van der Waals surface area (Å²) in [5.74, 6) is -0.0303. The molecule has 0 aliphatic carbocycles. The molecule has 0 fully saturated rings. The molecule has 0 aliphatic rings. The lowest BCUT2D eigenvalue weighted by atomic mass is 10.3. The van der Waals surface area contributed by atoms with Crippen molar-refractivity contribution in [2.45, 2.75) is 6.04 Å². The minimum absolute atomic E-state index is 0.0303. The number of hydrogen-bond donors (Lipinski definition) is 5. The maximum atomic E-state index is 11.8. The van der Waals surface area contributed by atoms with E-state index in [1.165, 1.54) is 12.3 Å². The normalized spacial score (nSPS) is 12.7. The van der Waals surface area contributed by atoms with E-state index in [-0.39, 0.29) is 19.0 Å². The van der Waals surface area contributed by atoms with Crippen LogP contribution in [0.15, 0.2) is 17.1 Å². The summed E-state index contributed by atoms with van der Waals surface area (Å²) >= 11 is 0. The number of ether oxygens (including phenoxy) is 2. The molecule has 1 heterocycles. The Labute approximate surface area is 130 Å². The number of hydrogen-bond acceptors (Lipinski definition) is 7. The third-order valence-electron chi connectivity index (χ3n) is 2.38. The van der Waals surface area contributed by atoms with Gasteiger partial charge in [0.2, 0.25) is 0 Å². The van der Waals surface area contributed by atoms with Gasteiger partial charge in [-0.15, -0.1) is 0 Å². The minimum atomic E-state index is -4.40. The number of nitrogens with zero attached hydrogens (tertiary/aromatic N) is 2. The Morgan fingerprint density at radius 2 is 1.61 bits per heavy atom. The zero-order chi connectivity index (χ0) is 17.7. The molecule has 1 aromatic rings. The largest absolute Gasteiger partial charge is 0.383 e. The molecule has 1 rings (SSSR count). The maximum Gasteiger partial charge on any atom is 0.350 e. The van der Waals surface area contributed by atoms with Crippen LogP contribution in [0.25, 0.3) is 0 Å². The third kappa shape index (κ3) is 8.35. The second-order valence-corrected chi connectivity index (χ2v) is 7.70. The van der Waals surface area contributed by atoms with Crippen LogP contribution in [0.3, 0.4) is 0 Å². The van der Waals surface area contributed by atoms with Crippen molar-refractivity contribution in [2.75, 3.05) is 31.6 Å². The van der Waals surface area contributed by atoms with Crippen LogP contribution in [0, 0.1) is 0 Å². The first kappa shape index (κ1) is 19.9. The topological polar surface area (TPSA) is 194 Å². The van der Waals surface area contributed by atoms with E-state index in [9.17, 15) is 13.9 Å². The van der Waals surface area contributed by atoms with Crippen molar-refractivity contribution in [3.8, 4) is 0 Å². The molecule has 0 atom stereocenters. The van der Waals surface area contributed by atoms with Gasteiger partial charge in [-0.25, -0.2) is 4.79 Å². The molecule has 14 heteroatoms. The van der Waals surface area contributed by atoms with Crippen LogP contribution < -0.4 is 11.4 Å². The van der Waals surface area contributed by atoms with Crippen LogP contribution in [-0.4, -0.2) is 55.0 Å². The van der Waals surface area contributed by atoms with Crippen LogP contribution in [0.4, 0.5) is 5.82 Å². The van der Waals surface area contributed by atoms with Crippen molar-refractivity contribution in [2.24, 2.45) is 0 Å². The van der Waals surface area contributed by atoms with E-state index in [2.05, 4.69) is 4.98 Å². The minimum Gasteiger partial charge on any atom is -0.383 e. The number of anilines is 1. The highest BCUT2D eigenvalue weighted by atomic mass is 31.2. The predicted octanol–water partition coefficient (Wildman–Crippen LogP) is -1.33. The van der Waals surface area contributed by atoms with Gasteiger partial charge in [0, 0.05) is 6.20 Å². The summed E-state index contributed by atoms with van der Waals surface area (Å²) in [4.78, 5) is 50.1. The quantitative estimate of drug-likeness (QED) is 0.322. The SMILES string of the molecule is Nc1ccn(C(COCP(=O)(O)O)COCP(=O)(O)O)c(=O)n1. The van der Waals surface area contributed by atoms with E-state index in [1.54, 1.807) is 0 Å². The molecule has 0 spiro atoms. The monoisotopic (exact) mass is 373 g/mol. The predicted molar refractivity (Wildman–Crippen MR) is 77.7 cm³/mol. The highest BCUT2D eigenvalue weighted by molar-refractivity contribution is 7.51. The summed E-state index contributed by atoms with van der Waals surface area (Å²) in [7, 11) is -8.79. The molecule has 12 nitrogen and oxygen atoms in total. The summed E-state index contributed by atoms with van der Waals surface area (Å²) in [6, 6.07) is 0.397. The van der Waals surface area contributed by atoms with Crippen molar-refractivity contribution < 1.29 is 38.2 Å². The van der Waals surface area contributed by atoms with Gasteiger partial charge >= 0.3 is 20.9 Å². The fraction of sp³-hybridized carbons (Fsp3) is 0.556. The number of nitrogens with two attached hydrogens (primary N) is 1. The molecule has 0 aromatic carbocycles. The average molecular weight is 373 g/mol. The molecule has 23 heavy (non-hydrogen) atoms. The van der Waals surface area contributed by atoms with Crippen LogP contribution in [-0.2, 0) is 18.6 Å². The first-order valence-corrected chi connectivity index (χ1v) is 9.67.